The van der Waals surface area contributed by atoms with E-state index >= 15 is 0 Å². The number of primary amides is 1. The zero-order valence-electron chi connectivity index (χ0n) is 10.4. The molecule has 0 aromatic carbocycles. The molecule has 2 fully saturated rings. The molecule has 2 atom stereocenters. The minimum atomic E-state index is -0.192. The minimum Gasteiger partial charge on any atom is -0.381 e. The van der Waals surface area contributed by atoms with E-state index in [1.807, 2.05) is 0 Å². The van der Waals surface area contributed by atoms with Crippen LogP contribution in [0.15, 0.2) is 0 Å². The molecule has 5 heteroatoms. The van der Waals surface area contributed by atoms with Crippen LogP contribution in [0.3, 0.4) is 0 Å². The summed E-state index contributed by atoms with van der Waals surface area (Å²) in [6.07, 6.45) is 3.18. The lowest BCUT2D eigenvalue weighted by molar-refractivity contribution is -0.127. The number of hydrogen-bond donors (Lipinski definition) is 2. The minimum absolute atomic E-state index is 0.143. The van der Waals surface area contributed by atoms with Crippen LogP contribution in [0.4, 0.5) is 0 Å². The molecule has 98 valence electrons. The third-order valence-corrected chi connectivity index (χ3v) is 3.70. The summed E-state index contributed by atoms with van der Waals surface area (Å²) in [6.45, 7) is 5.34. The van der Waals surface area contributed by atoms with Crippen molar-refractivity contribution < 1.29 is 9.53 Å². The van der Waals surface area contributed by atoms with Gasteiger partial charge >= 0.3 is 0 Å². The van der Waals surface area contributed by atoms with Crippen LogP contribution in [0.5, 0.6) is 0 Å². The predicted molar refractivity (Wildman–Crippen MR) is 65.6 cm³/mol. The van der Waals surface area contributed by atoms with Gasteiger partial charge in [0.05, 0.1) is 12.6 Å². The van der Waals surface area contributed by atoms with Crippen LogP contribution in [0.2, 0.25) is 0 Å². The summed E-state index contributed by atoms with van der Waals surface area (Å²) < 4.78 is 5.49. The molecule has 0 aromatic heterocycles. The van der Waals surface area contributed by atoms with E-state index in [1.165, 1.54) is 0 Å². The van der Waals surface area contributed by atoms with E-state index in [1.54, 1.807) is 0 Å². The number of hydrogen-bond acceptors (Lipinski definition) is 4. The molecule has 0 spiro atoms. The fourth-order valence-electron chi connectivity index (χ4n) is 2.87. The summed E-state index contributed by atoms with van der Waals surface area (Å²) in [5.41, 5.74) is 5.59. The molecule has 2 aliphatic heterocycles. The normalized spacial score (nSPS) is 29.5. The Morgan fingerprint density at radius 2 is 2.24 bits per heavy atom. The maximum Gasteiger partial charge on any atom is 0.235 e. The lowest BCUT2D eigenvalue weighted by Gasteiger charge is -2.35. The number of amides is 1. The van der Waals surface area contributed by atoms with Crippen LogP contribution >= 0.6 is 0 Å². The molecule has 2 heterocycles. The van der Waals surface area contributed by atoms with Gasteiger partial charge in [-0.25, -0.2) is 0 Å². The Hall–Kier alpha value is -0.650. The Kier molecular flexibility index (Phi) is 4.76. The van der Waals surface area contributed by atoms with Crippen molar-refractivity contribution in [3.63, 3.8) is 0 Å². The highest BCUT2D eigenvalue weighted by Gasteiger charge is 2.33. The maximum absolute atomic E-state index is 11.7. The SMILES string of the molecule is NC(=O)C(C1CCCOC1)N1CCCNCC1. The average Bonchev–Trinajstić information content (AvgIpc) is 2.59. The summed E-state index contributed by atoms with van der Waals surface area (Å²) in [6, 6.07) is -0.143. The molecule has 2 aliphatic rings. The lowest BCUT2D eigenvalue weighted by atomic mass is 9.92. The molecule has 0 radical (unpaired) electrons. The third-order valence-electron chi connectivity index (χ3n) is 3.70. The molecule has 3 N–H and O–H groups in total. The van der Waals surface area contributed by atoms with Crippen LogP contribution in [0, 0.1) is 5.92 Å². The van der Waals surface area contributed by atoms with Gasteiger partial charge in [0.25, 0.3) is 0 Å². The molecule has 2 rings (SSSR count). The first-order chi connectivity index (χ1) is 8.29. The average molecular weight is 241 g/mol. The van der Waals surface area contributed by atoms with Crippen molar-refractivity contribution in [1.82, 2.24) is 10.2 Å². The Balaban J connectivity index is 2.01. The molecular weight excluding hydrogens is 218 g/mol. The van der Waals surface area contributed by atoms with Crippen LogP contribution in [0.1, 0.15) is 19.3 Å². The van der Waals surface area contributed by atoms with Gasteiger partial charge in [0.1, 0.15) is 0 Å². The molecule has 2 saturated heterocycles. The molecule has 0 aliphatic carbocycles. The molecule has 0 bridgehead atoms. The summed E-state index contributed by atoms with van der Waals surface area (Å²) >= 11 is 0. The quantitative estimate of drug-likeness (QED) is 0.703. The zero-order valence-corrected chi connectivity index (χ0v) is 10.4. The van der Waals surface area contributed by atoms with Gasteiger partial charge in [-0.3, -0.25) is 9.69 Å². The molecule has 1 amide bonds. The van der Waals surface area contributed by atoms with Gasteiger partial charge in [0, 0.05) is 32.2 Å². The summed E-state index contributed by atoms with van der Waals surface area (Å²) in [4.78, 5) is 14.0. The maximum atomic E-state index is 11.7. The van der Waals surface area contributed by atoms with Crippen molar-refractivity contribution >= 4 is 5.91 Å². The Morgan fingerprint density at radius 3 is 2.94 bits per heavy atom. The number of rotatable bonds is 3. The summed E-state index contributed by atoms with van der Waals surface area (Å²) in [7, 11) is 0. The number of nitrogens with one attached hydrogen (secondary N) is 1. The third kappa shape index (κ3) is 3.40. The highest BCUT2D eigenvalue weighted by molar-refractivity contribution is 5.80. The first-order valence-electron chi connectivity index (χ1n) is 6.61. The molecule has 0 aromatic rings. The van der Waals surface area contributed by atoms with E-state index in [9.17, 15) is 4.79 Å². The van der Waals surface area contributed by atoms with Crippen molar-refractivity contribution in [3.05, 3.63) is 0 Å². The van der Waals surface area contributed by atoms with Crippen LogP contribution in [-0.2, 0) is 9.53 Å². The number of nitrogens with two attached hydrogens (primary N) is 1. The second kappa shape index (κ2) is 6.33. The zero-order chi connectivity index (χ0) is 12.1. The fraction of sp³-hybridized carbons (Fsp3) is 0.917. The van der Waals surface area contributed by atoms with Gasteiger partial charge in [-0.1, -0.05) is 0 Å². The number of ether oxygens (including phenoxy) is 1. The van der Waals surface area contributed by atoms with E-state index < -0.39 is 0 Å². The van der Waals surface area contributed by atoms with Crippen molar-refractivity contribution in [1.29, 1.82) is 0 Å². The summed E-state index contributed by atoms with van der Waals surface area (Å²) in [5, 5.41) is 3.35. The number of nitrogens with zero attached hydrogens (tertiary/aromatic N) is 1. The van der Waals surface area contributed by atoms with E-state index in [0.29, 0.717) is 6.61 Å². The molecule has 0 saturated carbocycles. The Labute approximate surface area is 103 Å². The van der Waals surface area contributed by atoms with Gasteiger partial charge in [-0.2, -0.15) is 0 Å². The number of carbonyl (C=O) groups is 1. The monoisotopic (exact) mass is 241 g/mol. The topological polar surface area (TPSA) is 67.6 Å². The van der Waals surface area contributed by atoms with Gasteiger partial charge in [-0.15, -0.1) is 0 Å². The molecular formula is C12H23N3O2. The van der Waals surface area contributed by atoms with E-state index in [-0.39, 0.29) is 17.9 Å². The lowest BCUT2D eigenvalue weighted by Crippen LogP contribution is -2.52. The molecule has 17 heavy (non-hydrogen) atoms. The van der Waals surface area contributed by atoms with Gasteiger partial charge in [0.15, 0.2) is 0 Å². The van der Waals surface area contributed by atoms with Crippen LogP contribution in [-0.4, -0.2) is 56.2 Å². The Morgan fingerprint density at radius 1 is 1.35 bits per heavy atom. The van der Waals surface area contributed by atoms with Crippen molar-refractivity contribution in [2.75, 3.05) is 39.4 Å². The van der Waals surface area contributed by atoms with Crippen molar-refractivity contribution in [3.8, 4) is 0 Å². The van der Waals surface area contributed by atoms with Crippen LogP contribution < -0.4 is 11.1 Å². The van der Waals surface area contributed by atoms with Crippen molar-refractivity contribution in [2.45, 2.75) is 25.3 Å². The van der Waals surface area contributed by atoms with Gasteiger partial charge < -0.3 is 15.8 Å². The highest BCUT2D eigenvalue weighted by Crippen LogP contribution is 2.22. The van der Waals surface area contributed by atoms with Gasteiger partial charge in [-0.05, 0) is 25.8 Å². The second-order valence-corrected chi connectivity index (χ2v) is 4.96. The molecule has 2 unspecified atom stereocenters. The second-order valence-electron chi connectivity index (χ2n) is 4.96. The smallest absolute Gasteiger partial charge is 0.235 e. The predicted octanol–water partition coefficient (Wildman–Crippen LogP) is -0.438. The van der Waals surface area contributed by atoms with Crippen LogP contribution in [0.25, 0.3) is 0 Å². The Bertz CT molecular complexity index is 246. The standard InChI is InChI=1S/C12H23N3O2/c13-12(16)11(10-3-1-8-17-9-10)15-6-2-4-14-5-7-15/h10-11,14H,1-9H2,(H2,13,16). The summed E-state index contributed by atoms with van der Waals surface area (Å²) in [5.74, 6) is 0.0850. The molecule has 5 nitrogen and oxygen atoms in total. The van der Waals surface area contributed by atoms with Crippen molar-refractivity contribution in [2.24, 2.45) is 11.7 Å². The van der Waals surface area contributed by atoms with E-state index in [4.69, 9.17) is 10.5 Å². The van der Waals surface area contributed by atoms with E-state index in [0.717, 1.165) is 52.0 Å². The fourth-order valence-corrected chi connectivity index (χ4v) is 2.87. The number of carbonyl (C=O) groups excluding carboxylic acids is 1. The van der Waals surface area contributed by atoms with E-state index in [2.05, 4.69) is 10.2 Å². The first kappa shape index (κ1) is 12.8. The first-order valence-corrected chi connectivity index (χ1v) is 6.61. The largest absolute Gasteiger partial charge is 0.381 e. The van der Waals surface area contributed by atoms with Gasteiger partial charge in [0.2, 0.25) is 5.91 Å². The highest BCUT2D eigenvalue weighted by atomic mass is 16.5.